The zero-order valence-corrected chi connectivity index (χ0v) is 14.1. The normalized spacial score (nSPS) is 18.0. The summed E-state index contributed by atoms with van der Waals surface area (Å²) in [6, 6.07) is 11.3. The largest absolute Gasteiger partial charge is 0.480 e. The minimum absolute atomic E-state index is 0.252. The van der Waals surface area contributed by atoms with E-state index in [1.807, 2.05) is 41.3 Å². The molecule has 1 aliphatic heterocycles. The Morgan fingerprint density at radius 2 is 1.96 bits per heavy atom. The van der Waals surface area contributed by atoms with Gasteiger partial charge < -0.3 is 10.0 Å². The van der Waals surface area contributed by atoms with Gasteiger partial charge in [0.15, 0.2) is 5.82 Å². The van der Waals surface area contributed by atoms with Crippen molar-refractivity contribution >= 4 is 11.8 Å². The number of carbonyl (C=O) groups is 1. The fraction of sp³-hybridized carbons (Fsp3) is 0.421. The Morgan fingerprint density at radius 1 is 1.21 bits per heavy atom. The summed E-state index contributed by atoms with van der Waals surface area (Å²) in [5.74, 6) is 0.856. The molecule has 1 aromatic heterocycles. The van der Waals surface area contributed by atoms with E-state index in [1.54, 1.807) is 0 Å². The SMILES string of the molecule is CC(C)c1cc(N2CCCCC2C(=O)O)nc(-c2ccccc2)n1. The number of hydrogen-bond donors (Lipinski definition) is 1. The molecule has 0 amide bonds. The highest BCUT2D eigenvalue weighted by molar-refractivity contribution is 5.78. The lowest BCUT2D eigenvalue weighted by atomic mass is 10.0. The topological polar surface area (TPSA) is 66.3 Å². The van der Waals surface area contributed by atoms with Crippen LogP contribution in [0.4, 0.5) is 5.82 Å². The minimum Gasteiger partial charge on any atom is -0.480 e. The molecule has 0 saturated carbocycles. The molecule has 0 aliphatic carbocycles. The van der Waals surface area contributed by atoms with Crippen molar-refractivity contribution in [3.63, 3.8) is 0 Å². The third-order valence-electron chi connectivity index (χ3n) is 4.44. The highest BCUT2D eigenvalue weighted by atomic mass is 16.4. The summed E-state index contributed by atoms with van der Waals surface area (Å²) in [6.45, 7) is 4.90. The van der Waals surface area contributed by atoms with Gasteiger partial charge >= 0.3 is 5.97 Å². The Kier molecular flexibility index (Phi) is 4.79. The van der Waals surface area contributed by atoms with Gasteiger partial charge in [0.05, 0.1) is 0 Å². The van der Waals surface area contributed by atoms with Gasteiger partial charge in [-0.2, -0.15) is 0 Å². The standard InChI is InChI=1S/C19H23N3O2/c1-13(2)15-12-17(22-11-7-6-10-16(22)19(23)24)21-18(20-15)14-8-4-3-5-9-14/h3-5,8-9,12-13,16H,6-7,10-11H2,1-2H3,(H,23,24). The second-order valence-corrected chi connectivity index (χ2v) is 6.54. The molecule has 1 fully saturated rings. The van der Waals surface area contributed by atoms with E-state index in [1.165, 1.54) is 0 Å². The molecule has 3 rings (SSSR count). The Labute approximate surface area is 142 Å². The number of rotatable bonds is 4. The number of aliphatic carboxylic acids is 1. The van der Waals surface area contributed by atoms with Crippen LogP contribution in [-0.2, 0) is 4.79 Å². The number of aromatic nitrogens is 2. The summed E-state index contributed by atoms with van der Waals surface area (Å²) in [5.41, 5.74) is 1.89. The van der Waals surface area contributed by atoms with E-state index >= 15 is 0 Å². The molecule has 0 spiro atoms. The number of anilines is 1. The maximum atomic E-state index is 11.6. The Hall–Kier alpha value is -2.43. The molecule has 5 heteroatoms. The summed E-state index contributed by atoms with van der Waals surface area (Å²) >= 11 is 0. The number of nitrogens with zero attached hydrogens (tertiary/aromatic N) is 3. The van der Waals surface area contributed by atoms with Gasteiger partial charge in [-0.3, -0.25) is 0 Å². The lowest BCUT2D eigenvalue weighted by Gasteiger charge is -2.34. The van der Waals surface area contributed by atoms with Gasteiger partial charge in [-0.25, -0.2) is 14.8 Å². The zero-order chi connectivity index (χ0) is 17.1. The fourth-order valence-electron chi connectivity index (χ4n) is 3.07. The zero-order valence-electron chi connectivity index (χ0n) is 14.1. The summed E-state index contributed by atoms with van der Waals surface area (Å²) < 4.78 is 0. The van der Waals surface area contributed by atoms with Crippen LogP contribution in [0.2, 0.25) is 0 Å². The average Bonchev–Trinajstić information content (AvgIpc) is 2.62. The van der Waals surface area contributed by atoms with Gasteiger partial charge in [0.1, 0.15) is 11.9 Å². The minimum atomic E-state index is -0.777. The van der Waals surface area contributed by atoms with Gasteiger partial charge in [0, 0.05) is 23.9 Å². The van der Waals surface area contributed by atoms with Gasteiger partial charge in [0.2, 0.25) is 0 Å². The highest BCUT2D eigenvalue weighted by Gasteiger charge is 2.30. The number of piperidine rings is 1. The molecule has 5 nitrogen and oxygen atoms in total. The van der Waals surface area contributed by atoms with E-state index in [4.69, 9.17) is 4.98 Å². The van der Waals surface area contributed by atoms with Gasteiger partial charge in [0.25, 0.3) is 0 Å². The van der Waals surface area contributed by atoms with Crippen molar-refractivity contribution in [3.05, 3.63) is 42.1 Å². The van der Waals surface area contributed by atoms with Gasteiger partial charge in [-0.15, -0.1) is 0 Å². The molecule has 0 bridgehead atoms. The van der Waals surface area contributed by atoms with E-state index < -0.39 is 12.0 Å². The third-order valence-corrected chi connectivity index (χ3v) is 4.44. The number of carboxylic acids is 1. The van der Waals surface area contributed by atoms with Gasteiger partial charge in [-0.05, 0) is 25.2 Å². The quantitative estimate of drug-likeness (QED) is 0.928. The van der Waals surface area contributed by atoms with Crippen LogP contribution in [0.15, 0.2) is 36.4 Å². The predicted molar refractivity (Wildman–Crippen MR) is 94.2 cm³/mol. The van der Waals surface area contributed by atoms with Crippen LogP contribution in [0, 0.1) is 0 Å². The smallest absolute Gasteiger partial charge is 0.326 e. The Balaban J connectivity index is 2.06. The first-order valence-electron chi connectivity index (χ1n) is 8.50. The van der Waals surface area contributed by atoms with Crippen LogP contribution >= 0.6 is 0 Å². The Bertz CT molecular complexity index is 716. The van der Waals surface area contributed by atoms with Crippen molar-refractivity contribution in [3.8, 4) is 11.4 Å². The number of carboxylic acid groups (broad SMARTS) is 1. The van der Waals surface area contributed by atoms with Crippen LogP contribution < -0.4 is 4.90 Å². The van der Waals surface area contributed by atoms with E-state index in [9.17, 15) is 9.90 Å². The molecule has 1 aliphatic rings. The van der Waals surface area contributed by atoms with Crippen LogP contribution in [0.5, 0.6) is 0 Å². The first-order chi connectivity index (χ1) is 11.6. The van der Waals surface area contributed by atoms with Crippen LogP contribution in [0.25, 0.3) is 11.4 Å². The lowest BCUT2D eigenvalue weighted by Crippen LogP contribution is -2.45. The highest BCUT2D eigenvalue weighted by Crippen LogP contribution is 2.28. The number of benzene rings is 1. The van der Waals surface area contributed by atoms with Crippen molar-refractivity contribution in [1.82, 2.24) is 9.97 Å². The molecular formula is C19H23N3O2. The van der Waals surface area contributed by atoms with E-state index in [0.29, 0.717) is 12.2 Å². The van der Waals surface area contributed by atoms with Crippen molar-refractivity contribution < 1.29 is 9.90 Å². The summed E-state index contributed by atoms with van der Waals surface area (Å²) in [7, 11) is 0. The van der Waals surface area contributed by atoms with Crippen LogP contribution in [-0.4, -0.2) is 33.6 Å². The van der Waals surface area contributed by atoms with Crippen molar-refractivity contribution in [1.29, 1.82) is 0 Å². The van der Waals surface area contributed by atoms with Gasteiger partial charge in [-0.1, -0.05) is 44.2 Å². The molecule has 126 valence electrons. The molecular weight excluding hydrogens is 302 g/mol. The second-order valence-electron chi connectivity index (χ2n) is 6.54. The van der Waals surface area contributed by atoms with Crippen LogP contribution in [0.3, 0.4) is 0 Å². The van der Waals surface area contributed by atoms with E-state index in [2.05, 4.69) is 18.8 Å². The molecule has 2 aromatic rings. The number of hydrogen-bond acceptors (Lipinski definition) is 4. The first-order valence-corrected chi connectivity index (χ1v) is 8.50. The second kappa shape index (κ2) is 6.99. The lowest BCUT2D eigenvalue weighted by molar-refractivity contribution is -0.139. The molecule has 1 unspecified atom stereocenters. The van der Waals surface area contributed by atoms with E-state index in [0.717, 1.165) is 36.5 Å². The predicted octanol–water partition coefficient (Wildman–Crippen LogP) is 3.71. The van der Waals surface area contributed by atoms with Crippen LogP contribution in [0.1, 0.15) is 44.7 Å². The molecule has 1 aromatic carbocycles. The van der Waals surface area contributed by atoms with Crippen molar-refractivity contribution in [2.24, 2.45) is 0 Å². The first kappa shape index (κ1) is 16.4. The molecule has 1 saturated heterocycles. The van der Waals surface area contributed by atoms with Crippen molar-refractivity contribution in [2.75, 3.05) is 11.4 Å². The van der Waals surface area contributed by atoms with Crippen molar-refractivity contribution in [2.45, 2.75) is 45.1 Å². The monoisotopic (exact) mass is 325 g/mol. The molecule has 0 radical (unpaired) electrons. The molecule has 24 heavy (non-hydrogen) atoms. The summed E-state index contributed by atoms with van der Waals surface area (Å²) in [5, 5.41) is 9.55. The average molecular weight is 325 g/mol. The Morgan fingerprint density at radius 3 is 2.62 bits per heavy atom. The van der Waals surface area contributed by atoms with E-state index in [-0.39, 0.29) is 5.92 Å². The molecule has 1 N–H and O–H groups in total. The fourth-order valence-corrected chi connectivity index (χ4v) is 3.07. The summed E-state index contributed by atoms with van der Waals surface area (Å²) in [4.78, 5) is 22.9. The molecule has 1 atom stereocenters. The molecule has 2 heterocycles. The summed E-state index contributed by atoms with van der Waals surface area (Å²) in [6.07, 6.45) is 2.60. The third kappa shape index (κ3) is 3.40. The maximum Gasteiger partial charge on any atom is 0.326 e. The maximum absolute atomic E-state index is 11.6.